The molecule has 0 aromatic carbocycles. The van der Waals surface area contributed by atoms with Crippen LogP contribution in [0, 0.1) is 12.8 Å². The number of carbonyl (C=O) groups is 1. The molecule has 1 fully saturated rings. The van der Waals surface area contributed by atoms with Gasteiger partial charge >= 0.3 is 5.97 Å². The molecular formula is C15H24N2O2S. The molecule has 1 aliphatic heterocycles. The number of esters is 1. The molecule has 1 aliphatic rings. The van der Waals surface area contributed by atoms with E-state index >= 15 is 0 Å². The van der Waals surface area contributed by atoms with Crippen LogP contribution in [0.25, 0.3) is 0 Å². The van der Waals surface area contributed by atoms with Crippen LogP contribution >= 0.6 is 11.3 Å². The van der Waals surface area contributed by atoms with E-state index in [9.17, 15) is 4.79 Å². The molecule has 2 N–H and O–H groups in total. The van der Waals surface area contributed by atoms with Gasteiger partial charge < -0.3 is 15.4 Å². The normalized spacial score (nSPS) is 20.1. The Balaban J connectivity index is 2.01. The Morgan fingerprint density at radius 1 is 1.55 bits per heavy atom. The van der Waals surface area contributed by atoms with E-state index in [-0.39, 0.29) is 5.97 Å². The summed E-state index contributed by atoms with van der Waals surface area (Å²) in [5.74, 6) is 0.470. The zero-order chi connectivity index (χ0) is 14.7. The molecule has 1 aromatic heterocycles. The quantitative estimate of drug-likeness (QED) is 0.868. The van der Waals surface area contributed by atoms with Crippen molar-refractivity contribution in [3.8, 4) is 0 Å². The number of hydrogen-bond donors (Lipinski definition) is 1. The van der Waals surface area contributed by atoms with Crippen molar-refractivity contribution in [1.82, 2.24) is 4.90 Å². The van der Waals surface area contributed by atoms with Gasteiger partial charge in [0.1, 0.15) is 5.00 Å². The summed E-state index contributed by atoms with van der Waals surface area (Å²) in [4.78, 5) is 15.4. The molecular weight excluding hydrogens is 272 g/mol. The average molecular weight is 296 g/mol. The number of likely N-dealkylation sites (tertiary alicyclic amines) is 1. The standard InChI is InChI=1S/C15H24N2O2S/c1-10-5-4-7-17(9-10)8-6-12-11(2)13(14(16)20-12)15(18)19-3/h10H,4-9,16H2,1-3H3. The van der Waals surface area contributed by atoms with Crippen molar-refractivity contribution < 1.29 is 9.53 Å². The summed E-state index contributed by atoms with van der Waals surface area (Å²) < 4.78 is 4.80. The fourth-order valence-corrected chi connectivity index (χ4v) is 3.98. The first-order valence-corrected chi connectivity index (χ1v) is 8.03. The lowest BCUT2D eigenvalue weighted by atomic mass is 10.00. The minimum Gasteiger partial charge on any atom is -0.465 e. The maximum absolute atomic E-state index is 11.7. The summed E-state index contributed by atoms with van der Waals surface area (Å²) in [5, 5.41) is 0.580. The first-order chi connectivity index (χ1) is 9.52. The Bertz CT molecular complexity index is 484. The highest BCUT2D eigenvalue weighted by atomic mass is 32.1. The van der Waals surface area contributed by atoms with Crippen molar-refractivity contribution in [2.75, 3.05) is 32.5 Å². The maximum Gasteiger partial charge on any atom is 0.341 e. The molecule has 4 nitrogen and oxygen atoms in total. The van der Waals surface area contributed by atoms with Gasteiger partial charge in [0.15, 0.2) is 0 Å². The Kier molecular flexibility index (Phi) is 5.05. The minimum absolute atomic E-state index is 0.325. The van der Waals surface area contributed by atoms with Crippen molar-refractivity contribution in [2.24, 2.45) is 5.92 Å². The van der Waals surface area contributed by atoms with Gasteiger partial charge in [-0.25, -0.2) is 4.79 Å². The zero-order valence-electron chi connectivity index (χ0n) is 12.6. The number of ether oxygens (including phenoxy) is 1. The number of hydrogen-bond acceptors (Lipinski definition) is 5. The Labute approximate surface area is 124 Å². The fraction of sp³-hybridized carbons (Fsp3) is 0.667. The number of methoxy groups -OCH3 is 1. The molecule has 1 aromatic rings. The number of thiophene rings is 1. The van der Waals surface area contributed by atoms with Crippen molar-refractivity contribution >= 4 is 22.3 Å². The SMILES string of the molecule is COC(=O)c1c(N)sc(CCN2CCCC(C)C2)c1C. The molecule has 20 heavy (non-hydrogen) atoms. The third-order valence-electron chi connectivity index (χ3n) is 4.06. The third kappa shape index (κ3) is 3.33. The highest BCUT2D eigenvalue weighted by Crippen LogP contribution is 2.31. The summed E-state index contributed by atoms with van der Waals surface area (Å²) >= 11 is 1.52. The predicted octanol–water partition coefficient (Wildman–Crippen LogP) is 2.70. The second-order valence-electron chi connectivity index (χ2n) is 5.68. The molecule has 2 heterocycles. The lowest BCUT2D eigenvalue weighted by Crippen LogP contribution is -2.35. The zero-order valence-corrected chi connectivity index (χ0v) is 13.4. The molecule has 1 atom stereocenters. The van der Waals surface area contributed by atoms with Crippen LogP contribution in [0.5, 0.6) is 0 Å². The number of anilines is 1. The molecule has 0 saturated carbocycles. The number of nitrogens with zero attached hydrogens (tertiary/aromatic N) is 1. The van der Waals surface area contributed by atoms with Gasteiger partial charge in [-0.2, -0.15) is 0 Å². The van der Waals surface area contributed by atoms with E-state index < -0.39 is 0 Å². The molecule has 1 saturated heterocycles. The summed E-state index contributed by atoms with van der Waals surface area (Å²) in [7, 11) is 1.40. The van der Waals surface area contributed by atoms with E-state index in [4.69, 9.17) is 10.5 Å². The average Bonchev–Trinajstić information content (AvgIpc) is 2.70. The van der Waals surface area contributed by atoms with Gasteiger partial charge in [-0.1, -0.05) is 6.92 Å². The molecule has 2 rings (SSSR count). The van der Waals surface area contributed by atoms with E-state index in [0.717, 1.165) is 24.4 Å². The van der Waals surface area contributed by atoms with Gasteiger partial charge in [-0.15, -0.1) is 11.3 Å². The molecule has 5 heteroatoms. The van der Waals surface area contributed by atoms with Crippen molar-refractivity contribution in [2.45, 2.75) is 33.1 Å². The smallest absolute Gasteiger partial charge is 0.341 e. The van der Waals surface area contributed by atoms with Crippen LogP contribution in [-0.2, 0) is 11.2 Å². The van der Waals surface area contributed by atoms with Gasteiger partial charge in [-0.3, -0.25) is 0 Å². The van der Waals surface area contributed by atoms with Crippen molar-refractivity contribution in [1.29, 1.82) is 0 Å². The summed E-state index contributed by atoms with van der Waals surface area (Å²) in [6.45, 7) is 7.70. The van der Waals surface area contributed by atoms with Gasteiger partial charge in [0.25, 0.3) is 0 Å². The predicted molar refractivity (Wildman–Crippen MR) is 83.3 cm³/mol. The number of rotatable bonds is 4. The molecule has 112 valence electrons. The minimum atomic E-state index is -0.325. The summed E-state index contributed by atoms with van der Waals surface area (Å²) in [5.41, 5.74) is 7.50. The molecule has 0 aliphatic carbocycles. The Hall–Kier alpha value is -1.07. The number of nitrogen functional groups attached to an aromatic ring is 1. The fourth-order valence-electron chi connectivity index (χ4n) is 2.93. The molecule has 0 radical (unpaired) electrons. The van der Waals surface area contributed by atoms with Crippen LogP contribution in [0.4, 0.5) is 5.00 Å². The van der Waals surface area contributed by atoms with E-state index in [1.165, 1.54) is 49.3 Å². The Morgan fingerprint density at radius 3 is 2.95 bits per heavy atom. The van der Waals surface area contributed by atoms with Crippen LogP contribution in [0.2, 0.25) is 0 Å². The maximum atomic E-state index is 11.7. The third-order valence-corrected chi connectivity index (χ3v) is 5.24. The Morgan fingerprint density at radius 2 is 2.30 bits per heavy atom. The highest BCUT2D eigenvalue weighted by Gasteiger charge is 2.21. The van der Waals surface area contributed by atoms with Gasteiger partial charge in [0, 0.05) is 18.0 Å². The number of carbonyl (C=O) groups excluding carboxylic acids is 1. The molecule has 0 bridgehead atoms. The van der Waals surface area contributed by atoms with Crippen LogP contribution in [0.3, 0.4) is 0 Å². The largest absolute Gasteiger partial charge is 0.465 e. The molecule has 0 amide bonds. The number of nitrogens with two attached hydrogens (primary N) is 1. The summed E-state index contributed by atoms with van der Waals surface area (Å²) in [6, 6.07) is 0. The van der Waals surface area contributed by atoms with Crippen LogP contribution < -0.4 is 5.73 Å². The van der Waals surface area contributed by atoms with Gasteiger partial charge in [0.05, 0.1) is 12.7 Å². The molecule has 1 unspecified atom stereocenters. The van der Waals surface area contributed by atoms with E-state index in [1.54, 1.807) is 0 Å². The van der Waals surface area contributed by atoms with Crippen LogP contribution in [0.15, 0.2) is 0 Å². The van der Waals surface area contributed by atoms with Crippen LogP contribution in [-0.4, -0.2) is 37.6 Å². The van der Waals surface area contributed by atoms with Gasteiger partial charge in [-0.05, 0) is 44.2 Å². The monoisotopic (exact) mass is 296 g/mol. The van der Waals surface area contributed by atoms with Crippen molar-refractivity contribution in [3.63, 3.8) is 0 Å². The van der Waals surface area contributed by atoms with E-state index in [2.05, 4.69) is 11.8 Å². The lowest BCUT2D eigenvalue weighted by Gasteiger charge is -2.30. The first-order valence-electron chi connectivity index (χ1n) is 7.21. The second-order valence-corrected chi connectivity index (χ2v) is 6.82. The molecule has 0 spiro atoms. The van der Waals surface area contributed by atoms with E-state index in [1.807, 2.05) is 6.92 Å². The number of piperidine rings is 1. The summed E-state index contributed by atoms with van der Waals surface area (Å²) in [6.07, 6.45) is 3.60. The van der Waals surface area contributed by atoms with E-state index in [0.29, 0.717) is 10.6 Å². The first kappa shape index (κ1) is 15.3. The lowest BCUT2D eigenvalue weighted by molar-refractivity contribution is 0.0601. The topological polar surface area (TPSA) is 55.6 Å². The highest BCUT2D eigenvalue weighted by molar-refractivity contribution is 7.16. The van der Waals surface area contributed by atoms with Crippen LogP contribution in [0.1, 0.15) is 40.6 Å². The second kappa shape index (κ2) is 6.59. The van der Waals surface area contributed by atoms with Crippen molar-refractivity contribution in [3.05, 3.63) is 16.0 Å². The van der Waals surface area contributed by atoms with Gasteiger partial charge in [0.2, 0.25) is 0 Å².